The number of amides is 2. The highest BCUT2D eigenvalue weighted by Crippen LogP contribution is 2.62. The van der Waals surface area contributed by atoms with Gasteiger partial charge in [0.2, 0.25) is 0 Å². The molecule has 32 heavy (non-hydrogen) atoms. The van der Waals surface area contributed by atoms with Gasteiger partial charge in [-0.3, -0.25) is 4.79 Å². The van der Waals surface area contributed by atoms with Crippen LogP contribution in [0, 0.1) is 0 Å². The molecule has 2 saturated heterocycles. The zero-order chi connectivity index (χ0) is 21.3. The first-order valence-electron chi connectivity index (χ1n) is 10.5. The number of carbonyl (C=O) groups is 2. The van der Waals surface area contributed by atoms with Gasteiger partial charge in [-0.05, 0) is 36.4 Å². The number of hydrazine groups is 1. The molecule has 0 spiro atoms. The third kappa shape index (κ3) is 3.62. The van der Waals surface area contributed by atoms with E-state index in [1.165, 1.54) is 20.9 Å². The Labute approximate surface area is 199 Å². The van der Waals surface area contributed by atoms with Crippen LogP contribution >= 0.6 is 7.26 Å². The molecule has 2 heterocycles. The summed E-state index contributed by atoms with van der Waals surface area (Å²) in [5.74, 6) is 0.00347. The molecule has 2 aliphatic heterocycles. The maximum atomic E-state index is 13.9. The zero-order valence-electron chi connectivity index (χ0n) is 17.5. The van der Waals surface area contributed by atoms with Gasteiger partial charge in [-0.1, -0.05) is 54.6 Å². The lowest BCUT2D eigenvalue weighted by molar-refractivity contribution is -0.137. The maximum absolute atomic E-state index is 13.9. The van der Waals surface area contributed by atoms with Crippen LogP contribution in [0.1, 0.15) is 6.42 Å². The van der Waals surface area contributed by atoms with Gasteiger partial charge < -0.3 is 21.7 Å². The SMILES string of the molecule is O=C1OCCN1N1CCC([P+](c2ccccc2)(c2ccccc2)c2ccccc2)C1=O.[Br-]. The number of hydrogen-bond donors (Lipinski definition) is 0. The van der Waals surface area contributed by atoms with Gasteiger partial charge in [0, 0.05) is 13.0 Å². The van der Waals surface area contributed by atoms with Crippen molar-refractivity contribution in [1.29, 1.82) is 0 Å². The van der Waals surface area contributed by atoms with E-state index in [0.717, 1.165) is 0 Å². The van der Waals surface area contributed by atoms with Crippen molar-refractivity contribution in [2.24, 2.45) is 0 Å². The van der Waals surface area contributed by atoms with Crippen molar-refractivity contribution in [3.8, 4) is 0 Å². The van der Waals surface area contributed by atoms with Crippen LogP contribution in [0.3, 0.4) is 0 Å². The Morgan fingerprint density at radius 3 is 1.56 bits per heavy atom. The highest BCUT2D eigenvalue weighted by atomic mass is 79.9. The number of halogens is 1. The summed E-state index contributed by atoms with van der Waals surface area (Å²) >= 11 is 0. The van der Waals surface area contributed by atoms with Gasteiger partial charge >= 0.3 is 6.09 Å². The Kier molecular flexibility index (Phi) is 6.63. The molecule has 5 rings (SSSR count). The molecule has 7 heteroatoms. The second-order valence-corrected chi connectivity index (χ2v) is 11.4. The van der Waals surface area contributed by atoms with Crippen LogP contribution in [0.15, 0.2) is 91.0 Å². The number of benzene rings is 3. The molecule has 1 atom stereocenters. The molecule has 0 saturated carbocycles. The topological polar surface area (TPSA) is 49.9 Å². The number of carbonyl (C=O) groups excluding carboxylic acids is 2. The Balaban J connectivity index is 0.00000245. The molecule has 2 fully saturated rings. The molecular weight excluding hydrogens is 487 g/mol. The van der Waals surface area contributed by atoms with Crippen LogP contribution in [0.4, 0.5) is 4.79 Å². The summed E-state index contributed by atoms with van der Waals surface area (Å²) in [6, 6.07) is 31.2. The van der Waals surface area contributed by atoms with Crippen LogP contribution in [0.25, 0.3) is 0 Å². The monoisotopic (exact) mass is 510 g/mol. The fraction of sp³-hybridized carbons (Fsp3) is 0.200. The van der Waals surface area contributed by atoms with Gasteiger partial charge in [0.1, 0.15) is 29.8 Å². The number of hydrogen-bond acceptors (Lipinski definition) is 3. The van der Waals surface area contributed by atoms with E-state index in [1.54, 1.807) is 5.01 Å². The number of cyclic esters (lactones) is 1. The van der Waals surface area contributed by atoms with E-state index in [0.29, 0.717) is 26.1 Å². The lowest BCUT2D eigenvalue weighted by atomic mass is 10.3. The summed E-state index contributed by atoms with van der Waals surface area (Å²) in [6.45, 7) is 1.27. The summed E-state index contributed by atoms with van der Waals surface area (Å²) in [5, 5.41) is 6.62. The molecule has 0 bridgehead atoms. The second-order valence-electron chi connectivity index (χ2n) is 7.73. The van der Waals surface area contributed by atoms with E-state index in [4.69, 9.17) is 4.74 Å². The van der Waals surface area contributed by atoms with Crippen LogP contribution < -0.4 is 32.9 Å². The van der Waals surface area contributed by atoms with Gasteiger partial charge in [0.05, 0.1) is 6.54 Å². The molecule has 2 amide bonds. The minimum atomic E-state index is -2.32. The predicted molar refractivity (Wildman–Crippen MR) is 123 cm³/mol. The number of ether oxygens (including phenoxy) is 1. The van der Waals surface area contributed by atoms with E-state index in [9.17, 15) is 9.59 Å². The molecule has 0 N–H and O–H groups in total. The molecular formula is C25H24BrN2O3P. The summed E-state index contributed by atoms with van der Waals surface area (Å²) in [7, 11) is -2.32. The van der Waals surface area contributed by atoms with Crippen LogP contribution in [0.2, 0.25) is 0 Å². The van der Waals surface area contributed by atoms with Crippen molar-refractivity contribution < 1.29 is 31.3 Å². The molecule has 5 nitrogen and oxygen atoms in total. The Hall–Kier alpha value is -2.69. The van der Waals surface area contributed by atoms with Crippen molar-refractivity contribution in [2.75, 3.05) is 19.7 Å². The standard InChI is InChI=1S/C25H24N2O3P.BrH/c28-24-23(16-17-26(24)27-18-19-30-25(27)29)31(20-10-4-1-5-11-20,21-12-6-2-7-13-21)22-14-8-3-9-15-22;/h1-15,23H,16-19H2;1H/q+1;/p-1. The summed E-state index contributed by atoms with van der Waals surface area (Å²) in [4.78, 5) is 26.1. The molecule has 3 aromatic rings. The van der Waals surface area contributed by atoms with Crippen molar-refractivity contribution in [3.63, 3.8) is 0 Å². The van der Waals surface area contributed by atoms with Crippen molar-refractivity contribution in [2.45, 2.75) is 12.1 Å². The molecule has 0 aromatic heterocycles. The molecule has 0 aliphatic carbocycles. The van der Waals surface area contributed by atoms with Gasteiger partial charge in [-0.2, -0.15) is 0 Å². The largest absolute Gasteiger partial charge is 1.00 e. The van der Waals surface area contributed by atoms with E-state index < -0.39 is 13.4 Å². The highest BCUT2D eigenvalue weighted by Gasteiger charge is 2.59. The van der Waals surface area contributed by atoms with Gasteiger partial charge in [-0.25, -0.2) is 14.8 Å². The molecule has 3 aromatic carbocycles. The Morgan fingerprint density at radius 2 is 1.16 bits per heavy atom. The normalized spacial score (nSPS) is 18.4. The van der Waals surface area contributed by atoms with E-state index in [-0.39, 0.29) is 28.5 Å². The van der Waals surface area contributed by atoms with E-state index in [1.807, 2.05) is 54.6 Å². The fourth-order valence-electron chi connectivity index (χ4n) is 4.83. The van der Waals surface area contributed by atoms with Crippen LogP contribution in [0.5, 0.6) is 0 Å². The Bertz CT molecular complexity index is 985. The third-order valence-corrected chi connectivity index (χ3v) is 10.9. The predicted octanol–water partition coefficient (Wildman–Crippen LogP) is -0.0474. The lowest BCUT2D eigenvalue weighted by Gasteiger charge is -2.32. The quantitative estimate of drug-likeness (QED) is 0.452. The first-order chi connectivity index (χ1) is 15.2. The van der Waals surface area contributed by atoms with E-state index in [2.05, 4.69) is 36.4 Å². The van der Waals surface area contributed by atoms with Gasteiger partial charge in [0.15, 0.2) is 5.66 Å². The highest BCUT2D eigenvalue weighted by molar-refractivity contribution is 7.96. The first kappa shape index (κ1) is 22.5. The van der Waals surface area contributed by atoms with Gasteiger partial charge in [0.25, 0.3) is 5.91 Å². The molecule has 0 radical (unpaired) electrons. The molecule has 1 unspecified atom stereocenters. The van der Waals surface area contributed by atoms with Crippen molar-refractivity contribution in [3.05, 3.63) is 91.0 Å². The number of nitrogens with zero attached hydrogens (tertiary/aromatic N) is 2. The Morgan fingerprint density at radius 1 is 0.688 bits per heavy atom. The summed E-state index contributed by atoms with van der Waals surface area (Å²) in [6.07, 6.45) is 0.256. The average molecular weight is 511 g/mol. The second kappa shape index (κ2) is 9.43. The summed E-state index contributed by atoms with van der Waals surface area (Å²) in [5.41, 5.74) is -0.242. The lowest BCUT2D eigenvalue weighted by Crippen LogP contribution is -3.00. The minimum absolute atomic E-state index is 0. The smallest absolute Gasteiger partial charge is 0.429 e. The zero-order valence-corrected chi connectivity index (χ0v) is 20.0. The molecule has 164 valence electrons. The first-order valence-corrected chi connectivity index (χ1v) is 12.4. The summed E-state index contributed by atoms with van der Waals surface area (Å²) < 4.78 is 5.10. The van der Waals surface area contributed by atoms with Crippen LogP contribution in [-0.2, 0) is 9.53 Å². The number of rotatable bonds is 5. The van der Waals surface area contributed by atoms with Crippen molar-refractivity contribution in [1.82, 2.24) is 10.0 Å². The average Bonchev–Trinajstić information content (AvgIpc) is 3.42. The van der Waals surface area contributed by atoms with Crippen LogP contribution in [-0.4, -0.2) is 47.4 Å². The van der Waals surface area contributed by atoms with Crippen molar-refractivity contribution >= 4 is 35.2 Å². The molecule has 2 aliphatic rings. The fourth-order valence-corrected chi connectivity index (χ4v) is 9.70. The van der Waals surface area contributed by atoms with Gasteiger partial charge in [-0.15, -0.1) is 0 Å². The van der Waals surface area contributed by atoms with E-state index >= 15 is 0 Å². The minimum Gasteiger partial charge on any atom is -1.00 e. The maximum Gasteiger partial charge on any atom is 0.429 e. The third-order valence-electron chi connectivity index (χ3n) is 6.14.